The molecule has 2 aromatic carbocycles. The number of allylic oxidation sites excluding steroid dienone is 1. The number of thioether (sulfide) groups is 1. The van der Waals surface area contributed by atoms with Crippen LogP contribution < -0.4 is 0 Å². The minimum atomic E-state index is -0.0596. The van der Waals surface area contributed by atoms with Crippen molar-refractivity contribution in [1.82, 2.24) is 0 Å². The zero-order valence-corrected chi connectivity index (χ0v) is 13.9. The van der Waals surface area contributed by atoms with Gasteiger partial charge in [0.2, 0.25) is 0 Å². The van der Waals surface area contributed by atoms with E-state index < -0.39 is 0 Å². The smallest absolute Gasteiger partial charge is 0.199 e. The van der Waals surface area contributed by atoms with Crippen molar-refractivity contribution in [2.24, 2.45) is 0 Å². The van der Waals surface area contributed by atoms with Crippen LogP contribution in [0.1, 0.15) is 15.9 Å². The highest BCUT2D eigenvalue weighted by atomic mass is 79.9. The molecule has 0 bridgehead atoms. The minimum Gasteiger partial charge on any atom is -0.288 e. The van der Waals surface area contributed by atoms with E-state index in [1.807, 2.05) is 36.6 Å². The average Bonchev–Trinajstić information content (AvgIpc) is 2.48. The van der Waals surface area contributed by atoms with Crippen molar-refractivity contribution in [3.8, 4) is 0 Å². The molecule has 2 rings (SSSR count). The quantitative estimate of drug-likeness (QED) is 0.393. The number of ketones is 1. The van der Waals surface area contributed by atoms with Gasteiger partial charge in [-0.15, -0.1) is 11.8 Å². The van der Waals surface area contributed by atoms with E-state index in [0.29, 0.717) is 15.1 Å². The fourth-order valence-electron chi connectivity index (χ4n) is 1.65. The lowest BCUT2D eigenvalue weighted by atomic mass is 10.1. The Hall–Kier alpha value is -1.03. The summed E-state index contributed by atoms with van der Waals surface area (Å²) in [6, 6.07) is 14.9. The molecule has 0 heterocycles. The molecule has 0 aliphatic rings. The highest BCUT2D eigenvalue weighted by Gasteiger charge is 2.09. The second kappa shape index (κ2) is 7.11. The summed E-state index contributed by atoms with van der Waals surface area (Å²) in [5, 5.41) is 0.620. The lowest BCUT2D eigenvalue weighted by molar-refractivity contribution is 0.104. The maximum absolute atomic E-state index is 12.2. The molecule has 102 valence electrons. The van der Waals surface area contributed by atoms with E-state index in [4.69, 9.17) is 11.6 Å². The van der Waals surface area contributed by atoms with Crippen molar-refractivity contribution in [2.45, 2.75) is 4.90 Å². The highest BCUT2D eigenvalue weighted by molar-refractivity contribution is 9.12. The summed E-state index contributed by atoms with van der Waals surface area (Å²) in [5.41, 5.74) is 1.59. The van der Waals surface area contributed by atoms with Crippen LogP contribution in [0.5, 0.6) is 0 Å². The normalized spacial score (nSPS) is 11.4. The SMILES string of the molecule is CSc1ccc(/C=C(\Br)C(=O)c2ccc(Cl)cc2)cc1. The van der Waals surface area contributed by atoms with Gasteiger partial charge in [-0.05, 0) is 70.2 Å². The first-order valence-corrected chi connectivity index (χ1v) is 8.31. The highest BCUT2D eigenvalue weighted by Crippen LogP contribution is 2.21. The maximum Gasteiger partial charge on any atom is 0.199 e. The molecule has 0 saturated carbocycles. The van der Waals surface area contributed by atoms with E-state index in [9.17, 15) is 4.79 Å². The number of hydrogen-bond donors (Lipinski definition) is 0. The first kappa shape index (κ1) is 15.4. The van der Waals surface area contributed by atoms with Gasteiger partial charge in [0.15, 0.2) is 5.78 Å². The van der Waals surface area contributed by atoms with Crippen molar-refractivity contribution in [3.63, 3.8) is 0 Å². The number of hydrogen-bond acceptors (Lipinski definition) is 2. The van der Waals surface area contributed by atoms with Crippen LogP contribution >= 0.6 is 39.3 Å². The van der Waals surface area contributed by atoms with Gasteiger partial charge in [-0.1, -0.05) is 23.7 Å². The van der Waals surface area contributed by atoms with Crippen molar-refractivity contribution in [3.05, 3.63) is 69.2 Å². The van der Waals surface area contributed by atoms with Gasteiger partial charge in [0.25, 0.3) is 0 Å². The standard InChI is InChI=1S/C16H12BrClOS/c1-20-14-8-2-11(3-9-14)10-15(17)16(19)12-4-6-13(18)7-5-12/h2-10H,1H3/b15-10-. The van der Waals surface area contributed by atoms with Crippen LogP contribution in [0.15, 0.2) is 57.9 Å². The van der Waals surface area contributed by atoms with E-state index in [1.54, 1.807) is 36.0 Å². The Labute approximate surface area is 136 Å². The van der Waals surface area contributed by atoms with E-state index in [1.165, 1.54) is 4.90 Å². The van der Waals surface area contributed by atoms with Crippen LogP contribution in [0.2, 0.25) is 5.02 Å². The van der Waals surface area contributed by atoms with E-state index >= 15 is 0 Å². The summed E-state index contributed by atoms with van der Waals surface area (Å²) < 4.78 is 0.525. The lowest BCUT2D eigenvalue weighted by Crippen LogP contribution is -1.98. The molecule has 4 heteroatoms. The van der Waals surface area contributed by atoms with Gasteiger partial charge in [-0.25, -0.2) is 0 Å². The van der Waals surface area contributed by atoms with Gasteiger partial charge in [-0.3, -0.25) is 4.79 Å². The Bertz CT molecular complexity index is 633. The Morgan fingerprint density at radius 1 is 1.10 bits per heavy atom. The molecule has 0 saturated heterocycles. The number of benzene rings is 2. The molecule has 0 aliphatic carbocycles. The predicted molar refractivity (Wildman–Crippen MR) is 90.9 cm³/mol. The topological polar surface area (TPSA) is 17.1 Å². The number of rotatable bonds is 4. The second-order valence-corrected chi connectivity index (χ2v) is 6.27. The van der Waals surface area contributed by atoms with Crippen molar-refractivity contribution in [2.75, 3.05) is 6.26 Å². The molecule has 0 unspecified atom stereocenters. The third-order valence-corrected chi connectivity index (χ3v) is 4.32. The minimum absolute atomic E-state index is 0.0596. The van der Waals surface area contributed by atoms with Crippen molar-refractivity contribution < 1.29 is 4.79 Å². The molecule has 0 atom stereocenters. The van der Waals surface area contributed by atoms with Crippen molar-refractivity contribution in [1.29, 1.82) is 0 Å². The molecule has 0 radical (unpaired) electrons. The molecule has 0 aromatic heterocycles. The van der Waals surface area contributed by atoms with E-state index in [2.05, 4.69) is 15.9 Å². The Balaban J connectivity index is 2.20. The van der Waals surface area contributed by atoms with Crippen LogP contribution in [-0.2, 0) is 0 Å². The first-order chi connectivity index (χ1) is 9.60. The molecule has 0 spiro atoms. The number of Topliss-reactive ketones (excluding diaryl/α,β-unsaturated/α-hetero) is 1. The summed E-state index contributed by atoms with van der Waals surface area (Å²) in [5.74, 6) is -0.0596. The van der Waals surface area contributed by atoms with Gasteiger partial charge in [-0.2, -0.15) is 0 Å². The summed E-state index contributed by atoms with van der Waals surface area (Å²) in [6.07, 6.45) is 3.85. The third kappa shape index (κ3) is 3.98. The number of carbonyl (C=O) groups excluding carboxylic acids is 1. The number of halogens is 2. The molecule has 1 nitrogen and oxygen atoms in total. The molecule has 0 N–H and O–H groups in total. The Morgan fingerprint density at radius 2 is 1.70 bits per heavy atom. The van der Waals surface area contributed by atoms with Gasteiger partial charge < -0.3 is 0 Å². The molecular weight excluding hydrogens is 356 g/mol. The second-order valence-electron chi connectivity index (χ2n) is 4.10. The fraction of sp³-hybridized carbons (Fsp3) is 0.0625. The summed E-state index contributed by atoms with van der Waals surface area (Å²) >= 11 is 10.8. The van der Waals surface area contributed by atoms with Gasteiger partial charge >= 0.3 is 0 Å². The van der Waals surface area contributed by atoms with Crippen LogP contribution in [-0.4, -0.2) is 12.0 Å². The van der Waals surface area contributed by atoms with E-state index in [0.717, 1.165) is 5.56 Å². The van der Waals surface area contributed by atoms with E-state index in [-0.39, 0.29) is 5.78 Å². The largest absolute Gasteiger partial charge is 0.288 e. The zero-order chi connectivity index (χ0) is 14.5. The van der Waals surface area contributed by atoms with Crippen LogP contribution in [0.4, 0.5) is 0 Å². The molecule has 0 aliphatic heterocycles. The van der Waals surface area contributed by atoms with Crippen molar-refractivity contribution >= 4 is 51.2 Å². The monoisotopic (exact) mass is 366 g/mol. The zero-order valence-electron chi connectivity index (χ0n) is 10.8. The van der Waals surface area contributed by atoms with Crippen LogP contribution in [0.3, 0.4) is 0 Å². The molecule has 0 amide bonds. The van der Waals surface area contributed by atoms with Crippen LogP contribution in [0.25, 0.3) is 6.08 Å². The first-order valence-electron chi connectivity index (χ1n) is 5.91. The summed E-state index contributed by atoms with van der Waals surface area (Å²) in [7, 11) is 0. The van der Waals surface area contributed by atoms with Crippen LogP contribution in [0, 0.1) is 0 Å². The molecule has 0 fully saturated rings. The third-order valence-electron chi connectivity index (χ3n) is 2.73. The molecule has 2 aromatic rings. The average molecular weight is 368 g/mol. The summed E-state index contributed by atoms with van der Waals surface area (Å²) in [4.78, 5) is 13.4. The number of carbonyl (C=O) groups is 1. The van der Waals surface area contributed by atoms with Gasteiger partial charge in [0.1, 0.15) is 0 Å². The summed E-state index contributed by atoms with van der Waals surface area (Å²) in [6.45, 7) is 0. The Kier molecular flexibility index (Phi) is 5.46. The van der Waals surface area contributed by atoms with Gasteiger partial charge in [0.05, 0.1) is 4.48 Å². The molecule has 20 heavy (non-hydrogen) atoms. The fourth-order valence-corrected chi connectivity index (χ4v) is 2.68. The maximum atomic E-state index is 12.2. The molecular formula is C16H12BrClOS. The van der Waals surface area contributed by atoms with Gasteiger partial charge in [0, 0.05) is 15.5 Å². The predicted octanol–water partition coefficient (Wildman–Crippen LogP) is 5.68. The Morgan fingerprint density at radius 3 is 2.25 bits per heavy atom. The lowest BCUT2D eigenvalue weighted by Gasteiger charge is -2.01.